The summed E-state index contributed by atoms with van der Waals surface area (Å²) in [4.78, 5) is 0. The zero-order chi connectivity index (χ0) is 17.5. The first-order valence-electron chi connectivity index (χ1n) is 5.44. The first-order chi connectivity index (χ1) is 9.64. The molecule has 1 aromatic carbocycles. The predicted molar refractivity (Wildman–Crippen MR) is 62.7 cm³/mol. The highest BCUT2D eigenvalue weighted by Crippen LogP contribution is 2.38. The van der Waals surface area contributed by atoms with E-state index in [2.05, 4.69) is 0 Å². The van der Waals surface area contributed by atoms with Gasteiger partial charge in [0.2, 0.25) is 0 Å². The Bertz CT molecular complexity index is 506. The molecule has 0 aliphatic heterocycles. The molecule has 3 N–H and O–H groups in total. The van der Waals surface area contributed by atoms with Crippen LogP contribution in [0.25, 0.3) is 0 Å². The van der Waals surface area contributed by atoms with Crippen molar-refractivity contribution in [3.63, 3.8) is 0 Å². The Morgan fingerprint density at radius 2 is 1.13 bits per heavy atom. The van der Waals surface area contributed by atoms with Gasteiger partial charge in [-0.1, -0.05) is 0 Å². The molecule has 0 radical (unpaired) electrons. The van der Waals surface area contributed by atoms with Crippen LogP contribution in [0, 0.1) is 0 Å². The summed E-state index contributed by atoms with van der Waals surface area (Å²) in [6.07, 6.45) is -19.1. The van der Waals surface area contributed by atoms with Gasteiger partial charge >= 0.3 is 18.5 Å². The molecule has 12 heteroatoms. The van der Waals surface area contributed by atoms with Gasteiger partial charge in [0.1, 0.15) is 0 Å². The third kappa shape index (κ3) is 5.43. The van der Waals surface area contributed by atoms with Crippen LogP contribution in [0.3, 0.4) is 0 Å². The van der Waals surface area contributed by atoms with Crippen molar-refractivity contribution in [3.8, 4) is 0 Å². The molecule has 0 saturated carbocycles. The van der Waals surface area contributed by atoms with E-state index < -0.39 is 47.4 Å². The van der Waals surface area contributed by atoms with Crippen LogP contribution in [0.2, 0.25) is 0 Å². The monoisotopic (exact) mass is 377 g/mol. The molecule has 0 spiro atoms. The van der Waals surface area contributed by atoms with Crippen molar-refractivity contribution in [2.45, 2.75) is 30.7 Å². The highest BCUT2D eigenvalue weighted by molar-refractivity contribution is 5.85. The summed E-state index contributed by atoms with van der Waals surface area (Å²) in [6.45, 7) is 0. The fourth-order valence-electron chi connectivity index (χ4n) is 1.56. The minimum absolute atomic E-state index is 0. The van der Waals surface area contributed by atoms with Crippen molar-refractivity contribution in [3.05, 3.63) is 34.9 Å². The second kappa shape index (κ2) is 6.73. The minimum atomic E-state index is -5.30. The van der Waals surface area contributed by atoms with Crippen LogP contribution in [-0.2, 0) is 12.4 Å². The van der Waals surface area contributed by atoms with Crippen LogP contribution in [0.15, 0.2) is 18.2 Å². The molecule has 0 heterocycles. The third-order valence-corrected chi connectivity index (χ3v) is 2.67. The largest absolute Gasteiger partial charge is 0.416 e. The molecular weight excluding hydrogens is 369 g/mol. The van der Waals surface area contributed by atoms with Gasteiger partial charge in [-0.05, 0) is 23.8 Å². The smallest absolute Gasteiger partial charge is 0.382 e. The van der Waals surface area contributed by atoms with Crippen LogP contribution in [0.4, 0.5) is 39.5 Å². The van der Waals surface area contributed by atoms with Gasteiger partial charge < -0.3 is 10.8 Å². The first-order valence-corrected chi connectivity index (χ1v) is 5.44. The van der Waals surface area contributed by atoms with Gasteiger partial charge in [0.25, 0.3) is 0 Å². The van der Waals surface area contributed by atoms with Gasteiger partial charge in [-0.2, -0.15) is 39.5 Å². The molecule has 23 heavy (non-hydrogen) atoms. The molecule has 0 aliphatic carbocycles. The van der Waals surface area contributed by atoms with Crippen molar-refractivity contribution in [2.24, 2.45) is 5.73 Å². The fourth-order valence-corrected chi connectivity index (χ4v) is 1.56. The number of benzene rings is 1. The lowest BCUT2D eigenvalue weighted by Gasteiger charge is -2.23. The summed E-state index contributed by atoms with van der Waals surface area (Å²) in [6, 6.07) is -2.68. The maximum atomic E-state index is 12.5. The molecular formula is C11H9ClF9NO. The predicted octanol–water partition coefficient (Wildman–Crippen LogP) is 4.07. The van der Waals surface area contributed by atoms with E-state index in [0.29, 0.717) is 0 Å². The van der Waals surface area contributed by atoms with Crippen LogP contribution < -0.4 is 5.73 Å². The van der Waals surface area contributed by atoms with Crippen molar-refractivity contribution in [1.29, 1.82) is 0 Å². The summed E-state index contributed by atoms with van der Waals surface area (Å²) >= 11 is 0. The molecule has 0 bridgehead atoms. The van der Waals surface area contributed by atoms with E-state index in [1.54, 1.807) is 0 Å². The van der Waals surface area contributed by atoms with E-state index in [1.807, 2.05) is 0 Å². The number of aliphatic hydroxyl groups excluding tert-OH is 1. The normalized spacial score (nSPS) is 15.8. The lowest BCUT2D eigenvalue weighted by atomic mass is 9.96. The Balaban J connectivity index is 0.00000484. The maximum Gasteiger partial charge on any atom is 0.416 e. The topological polar surface area (TPSA) is 46.2 Å². The molecule has 0 saturated heterocycles. The van der Waals surface area contributed by atoms with Gasteiger partial charge in [0.15, 0.2) is 6.10 Å². The third-order valence-electron chi connectivity index (χ3n) is 2.67. The highest BCUT2D eigenvalue weighted by Gasteiger charge is 2.44. The molecule has 1 aromatic rings. The zero-order valence-corrected chi connectivity index (χ0v) is 11.5. The molecule has 2 nitrogen and oxygen atoms in total. The first kappa shape index (κ1) is 21.8. The van der Waals surface area contributed by atoms with Crippen LogP contribution in [0.1, 0.15) is 22.7 Å². The molecule has 2 atom stereocenters. The number of halogens is 10. The number of hydrogen-bond donors (Lipinski definition) is 2. The average Bonchev–Trinajstić information content (AvgIpc) is 2.33. The average molecular weight is 378 g/mol. The highest BCUT2D eigenvalue weighted by atomic mass is 35.5. The molecule has 0 aliphatic rings. The quantitative estimate of drug-likeness (QED) is 0.763. The van der Waals surface area contributed by atoms with E-state index in [4.69, 9.17) is 10.8 Å². The van der Waals surface area contributed by atoms with Crippen molar-refractivity contribution in [1.82, 2.24) is 0 Å². The second-order valence-corrected chi connectivity index (χ2v) is 4.35. The Labute approximate surface area is 129 Å². The molecule has 134 valence electrons. The second-order valence-electron chi connectivity index (χ2n) is 4.35. The van der Waals surface area contributed by atoms with Gasteiger partial charge in [0.05, 0.1) is 17.2 Å². The Hall–Kier alpha value is -1.20. The Morgan fingerprint density at radius 3 is 1.39 bits per heavy atom. The van der Waals surface area contributed by atoms with Crippen LogP contribution in [-0.4, -0.2) is 17.4 Å². The SMILES string of the molecule is Cl.N[C@@H](c1cc(C(F)(F)F)cc(C(F)(F)F)c1)[C@H](O)C(F)(F)F. The van der Waals surface area contributed by atoms with Crippen molar-refractivity contribution >= 4 is 12.4 Å². The van der Waals surface area contributed by atoms with Crippen molar-refractivity contribution in [2.75, 3.05) is 0 Å². The number of hydrogen-bond acceptors (Lipinski definition) is 2. The van der Waals surface area contributed by atoms with Gasteiger partial charge in [0, 0.05) is 0 Å². The summed E-state index contributed by atoms with van der Waals surface area (Å²) in [5, 5.41) is 8.88. The summed E-state index contributed by atoms with van der Waals surface area (Å²) in [5.74, 6) is 0. The van der Waals surface area contributed by atoms with Crippen LogP contribution in [0.5, 0.6) is 0 Å². The van der Waals surface area contributed by atoms with Gasteiger partial charge in [-0.3, -0.25) is 0 Å². The van der Waals surface area contributed by atoms with E-state index in [0.717, 1.165) is 0 Å². The minimum Gasteiger partial charge on any atom is -0.382 e. The Kier molecular flexibility index (Phi) is 6.38. The van der Waals surface area contributed by atoms with E-state index >= 15 is 0 Å². The zero-order valence-electron chi connectivity index (χ0n) is 10.7. The molecule has 0 fully saturated rings. The number of nitrogens with two attached hydrogens (primary N) is 1. The maximum absolute atomic E-state index is 12.5. The molecule has 0 unspecified atom stereocenters. The molecule has 1 rings (SSSR count). The van der Waals surface area contributed by atoms with Crippen LogP contribution >= 0.6 is 12.4 Å². The fraction of sp³-hybridized carbons (Fsp3) is 0.455. The van der Waals surface area contributed by atoms with Gasteiger partial charge in [-0.25, -0.2) is 0 Å². The standard InChI is InChI=1S/C11H8F9NO.ClH/c12-9(13,14)5-1-4(2-6(3-5)10(15,16)17)7(21)8(22)11(18,19)20;/h1-3,7-8,22H,21H2;1H/t7-,8-;/m0./s1. The Morgan fingerprint density at radius 1 is 0.783 bits per heavy atom. The van der Waals surface area contributed by atoms with Crippen molar-refractivity contribution < 1.29 is 44.6 Å². The lowest BCUT2D eigenvalue weighted by molar-refractivity contribution is -0.210. The van der Waals surface area contributed by atoms with Gasteiger partial charge in [-0.15, -0.1) is 12.4 Å². The van der Waals surface area contributed by atoms with E-state index in [1.165, 1.54) is 0 Å². The lowest BCUT2D eigenvalue weighted by Crippen LogP contribution is -2.39. The molecule has 0 aromatic heterocycles. The summed E-state index contributed by atoms with van der Waals surface area (Å²) in [5.41, 5.74) is 0.177. The molecule has 0 amide bonds. The van der Waals surface area contributed by atoms with E-state index in [9.17, 15) is 39.5 Å². The summed E-state index contributed by atoms with van der Waals surface area (Å²) < 4.78 is 112. The van der Waals surface area contributed by atoms with E-state index in [-0.39, 0.29) is 30.6 Å². The number of alkyl halides is 9. The summed E-state index contributed by atoms with van der Waals surface area (Å²) in [7, 11) is 0. The number of aliphatic hydroxyl groups is 1. The number of rotatable bonds is 2.